The molecule has 0 unspecified atom stereocenters. The lowest BCUT2D eigenvalue weighted by Gasteiger charge is -2.15. The van der Waals surface area contributed by atoms with Gasteiger partial charge < -0.3 is 15.4 Å². The Labute approximate surface area is 172 Å². The monoisotopic (exact) mass is 410 g/mol. The van der Waals surface area contributed by atoms with Crippen LogP contribution in [-0.4, -0.2) is 23.9 Å². The molecule has 0 fully saturated rings. The first kappa shape index (κ1) is 20.5. The molecule has 3 rings (SSSR count). The van der Waals surface area contributed by atoms with Gasteiger partial charge in [-0.05, 0) is 49.2 Å². The molecule has 150 valence electrons. The number of carbonyl (C=O) groups excluding carboxylic acids is 3. The largest absolute Gasteiger partial charge is 0.449 e. The minimum atomic E-state index is -1.00. The average molecular weight is 410 g/mol. The van der Waals surface area contributed by atoms with Crippen molar-refractivity contribution in [3.63, 3.8) is 0 Å². The molecule has 0 aliphatic rings. The number of benzene rings is 2. The number of esters is 1. The van der Waals surface area contributed by atoms with Gasteiger partial charge in [0.1, 0.15) is 5.00 Å². The topological polar surface area (TPSA) is 84.5 Å². The van der Waals surface area contributed by atoms with Gasteiger partial charge in [0.05, 0.1) is 5.56 Å². The normalized spacial score (nSPS) is 11.7. The van der Waals surface area contributed by atoms with E-state index in [1.807, 2.05) is 43.3 Å². The first-order chi connectivity index (χ1) is 13.8. The highest BCUT2D eigenvalue weighted by atomic mass is 32.1. The van der Waals surface area contributed by atoms with Gasteiger partial charge in [0.2, 0.25) is 5.91 Å². The van der Waals surface area contributed by atoms with E-state index in [2.05, 4.69) is 10.6 Å². The number of carbonyl (C=O) groups is 3. The van der Waals surface area contributed by atoms with Gasteiger partial charge in [-0.15, -0.1) is 11.3 Å². The van der Waals surface area contributed by atoms with Crippen LogP contribution in [0.5, 0.6) is 0 Å². The molecular weight excluding hydrogens is 388 g/mol. The lowest BCUT2D eigenvalue weighted by Crippen LogP contribution is -2.30. The minimum Gasteiger partial charge on any atom is -0.449 e. The first-order valence-corrected chi connectivity index (χ1v) is 9.96. The van der Waals surface area contributed by atoms with E-state index in [0.29, 0.717) is 10.7 Å². The zero-order valence-corrected chi connectivity index (χ0v) is 17.5. The van der Waals surface area contributed by atoms with Gasteiger partial charge in [0, 0.05) is 17.5 Å². The summed E-state index contributed by atoms with van der Waals surface area (Å²) in [5.41, 5.74) is 1.64. The maximum Gasteiger partial charge on any atom is 0.342 e. The summed E-state index contributed by atoms with van der Waals surface area (Å²) >= 11 is 1.30. The predicted octanol–water partition coefficient (Wildman–Crippen LogP) is 4.66. The van der Waals surface area contributed by atoms with Gasteiger partial charge in [0.25, 0.3) is 5.91 Å². The van der Waals surface area contributed by atoms with Gasteiger partial charge in [-0.25, -0.2) is 4.79 Å². The third-order valence-corrected chi connectivity index (χ3v) is 5.67. The molecule has 0 radical (unpaired) electrons. The predicted molar refractivity (Wildman–Crippen MR) is 116 cm³/mol. The number of ether oxygens (including phenoxy) is 1. The summed E-state index contributed by atoms with van der Waals surface area (Å²) in [5.74, 6) is -1.35. The highest BCUT2D eigenvalue weighted by Crippen LogP contribution is 2.33. The molecule has 0 saturated heterocycles. The van der Waals surface area contributed by atoms with Gasteiger partial charge in [0.15, 0.2) is 6.10 Å². The lowest BCUT2D eigenvalue weighted by atomic mass is 10.1. The van der Waals surface area contributed by atoms with E-state index < -0.39 is 18.0 Å². The van der Waals surface area contributed by atoms with Crippen molar-refractivity contribution in [2.75, 3.05) is 10.6 Å². The molecule has 7 heteroatoms. The fourth-order valence-corrected chi connectivity index (χ4v) is 4.00. The van der Waals surface area contributed by atoms with Crippen LogP contribution in [0, 0.1) is 13.8 Å². The van der Waals surface area contributed by atoms with Crippen molar-refractivity contribution in [2.24, 2.45) is 0 Å². The van der Waals surface area contributed by atoms with Crippen LogP contribution in [0.4, 0.5) is 10.7 Å². The molecule has 1 atom stereocenters. The number of amides is 2. The van der Waals surface area contributed by atoms with Gasteiger partial charge in [-0.1, -0.05) is 30.3 Å². The maximum absolute atomic E-state index is 12.7. The number of thiophene rings is 1. The van der Waals surface area contributed by atoms with Crippen LogP contribution in [0.1, 0.15) is 34.6 Å². The van der Waals surface area contributed by atoms with Crippen molar-refractivity contribution in [3.05, 3.63) is 58.5 Å². The van der Waals surface area contributed by atoms with Crippen molar-refractivity contribution in [1.82, 2.24) is 0 Å². The van der Waals surface area contributed by atoms with Crippen molar-refractivity contribution in [2.45, 2.75) is 33.8 Å². The molecule has 0 aliphatic heterocycles. The van der Waals surface area contributed by atoms with E-state index in [9.17, 15) is 14.4 Å². The summed E-state index contributed by atoms with van der Waals surface area (Å²) in [6, 6.07) is 13.4. The van der Waals surface area contributed by atoms with E-state index in [4.69, 9.17) is 4.74 Å². The standard InChI is InChI=1S/C22H22N2O4S/c1-12-14(3)29-21(23-15(4)25)19(12)22(27)28-13(2)20(26)24-18-10-9-16-7-5-6-8-17(16)11-18/h5-11,13H,1-4H3,(H,23,25)(H,24,26)/t13-/m1/s1. The number of aryl methyl sites for hydroxylation is 1. The lowest BCUT2D eigenvalue weighted by molar-refractivity contribution is -0.123. The smallest absolute Gasteiger partial charge is 0.342 e. The summed E-state index contributed by atoms with van der Waals surface area (Å²) in [5, 5.41) is 7.93. The highest BCUT2D eigenvalue weighted by molar-refractivity contribution is 7.16. The Kier molecular flexibility index (Phi) is 5.98. The molecule has 6 nitrogen and oxygen atoms in total. The molecule has 1 heterocycles. The van der Waals surface area contributed by atoms with Crippen LogP contribution >= 0.6 is 11.3 Å². The second kappa shape index (κ2) is 8.45. The molecule has 0 saturated carbocycles. The van der Waals surface area contributed by atoms with Crippen molar-refractivity contribution in [3.8, 4) is 0 Å². The van der Waals surface area contributed by atoms with E-state index >= 15 is 0 Å². The van der Waals surface area contributed by atoms with Gasteiger partial charge in [-0.3, -0.25) is 9.59 Å². The van der Waals surface area contributed by atoms with Crippen LogP contribution in [0.25, 0.3) is 10.8 Å². The van der Waals surface area contributed by atoms with Crippen molar-refractivity contribution >= 4 is 50.6 Å². The first-order valence-electron chi connectivity index (χ1n) is 9.14. The Hall–Kier alpha value is -3.19. The molecular formula is C22H22N2O4S. The average Bonchev–Trinajstić information content (AvgIpc) is 2.94. The van der Waals surface area contributed by atoms with Crippen molar-refractivity contribution in [1.29, 1.82) is 0 Å². The number of hydrogen-bond donors (Lipinski definition) is 2. The third kappa shape index (κ3) is 4.63. The third-order valence-electron chi connectivity index (χ3n) is 4.55. The second-order valence-corrected chi connectivity index (χ2v) is 7.99. The zero-order valence-electron chi connectivity index (χ0n) is 16.7. The number of rotatable bonds is 5. The maximum atomic E-state index is 12.7. The molecule has 0 aliphatic carbocycles. The van der Waals surface area contributed by atoms with Crippen LogP contribution in [0.15, 0.2) is 42.5 Å². The summed E-state index contributed by atoms with van der Waals surface area (Å²) < 4.78 is 5.38. The molecule has 2 N–H and O–H groups in total. The number of anilines is 2. The SMILES string of the molecule is CC(=O)Nc1sc(C)c(C)c1C(=O)O[C@H](C)C(=O)Nc1ccc2ccccc2c1. The molecule has 0 bridgehead atoms. The molecule has 0 spiro atoms. The summed E-state index contributed by atoms with van der Waals surface area (Å²) in [6.07, 6.45) is -1.00. The summed E-state index contributed by atoms with van der Waals surface area (Å²) in [7, 11) is 0. The fourth-order valence-electron chi connectivity index (χ4n) is 2.90. The van der Waals surface area contributed by atoms with Gasteiger partial charge >= 0.3 is 5.97 Å². The fraction of sp³-hybridized carbons (Fsp3) is 0.227. The molecule has 3 aromatic rings. The Morgan fingerprint density at radius 1 is 1.00 bits per heavy atom. The van der Waals surface area contributed by atoms with E-state index in [1.54, 1.807) is 13.0 Å². The van der Waals surface area contributed by atoms with Crippen LogP contribution in [0.2, 0.25) is 0 Å². The van der Waals surface area contributed by atoms with Crippen LogP contribution < -0.4 is 10.6 Å². The number of nitrogens with one attached hydrogen (secondary N) is 2. The van der Waals surface area contributed by atoms with Gasteiger partial charge in [-0.2, -0.15) is 0 Å². The Morgan fingerprint density at radius 2 is 1.69 bits per heavy atom. The van der Waals surface area contributed by atoms with E-state index in [1.165, 1.54) is 25.2 Å². The molecule has 2 amide bonds. The Morgan fingerprint density at radius 3 is 2.38 bits per heavy atom. The molecule has 1 aromatic heterocycles. The summed E-state index contributed by atoms with van der Waals surface area (Å²) in [6.45, 7) is 6.53. The molecule has 29 heavy (non-hydrogen) atoms. The minimum absolute atomic E-state index is 0.276. The highest BCUT2D eigenvalue weighted by Gasteiger charge is 2.25. The second-order valence-electron chi connectivity index (χ2n) is 6.77. The van der Waals surface area contributed by atoms with Crippen LogP contribution in [0.3, 0.4) is 0 Å². The molecule has 2 aromatic carbocycles. The van der Waals surface area contributed by atoms with Crippen molar-refractivity contribution < 1.29 is 19.1 Å². The zero-order chi connectivity index (χ0) is 21.1. The number of fused-ring (bicyclic) bond motifs is 1. The quantitative estimate of drug-likeness (QED) is 0.599. The Bertz CT molecular complexity index is 1100. The summed E-state index contributed by atoms with van der Waals surface area (Å²) in [4.78, 5) is 37.5. The Balaban J connectivity index is 1.72. The van der Waals surface area contributed by atoms with E-state index in [0.717, 1.165) is 21.2 Å². The number of hydrogen-bond acceptors (Lipinski definition) is 5. The van der Waals surface area contributed by atoms with Crippen LogP contribution in [-0.2, 0) is 14.3 Å². The van der Waals surface area contributed by atoms with E-state index in [-0.39, 0.29) is 11.5 Å².